The lowest BCUT2D eigenvalue weighted by Crippen LogP contribution is -2.30. The normalized spacial score (nSPS) is 14.1. The van der Waals surface area contributed by atoms with Crippen LogP contribution in [0.2, 0.25) is 5.02 Å². The number of amides is 1. The van der Waals surface area contributed by atoms with Gasteiger partial charge in [-0.15, -0.1) is 22.7 Å². The molecule has 0 radical (unpaired) electrons. The molecule has 1 amide bonds. The molecular weight excluding hydrogens is 546 g/mol. The third-order valence-corrected chi connectivity index (χ3v) is 10.7. The zero-order valence-electron chi connectivity index (χ0n) is 20.5. The summed E-state index contributed by atoms with van der Waals surface area (Å²) in [6.45, 7) is 5.11. The third kappa shape index (κ3) is 5.91. The predicted molar refractivity (Wildman–Crippen MR) is 154 cm³/mol. The Bertz CT molecular complexity index is 1490. The van der Waals surface area contributed by atoms with Crippen LogP contribution in [-0.2, 0) is 27.6 Å². The van der Waals surface area contributed by atoms with E-state index in [-0.39, 0.29) is 29.4 Å². The second kappa shape index (κ2) is 11.2. The maximum absolute atomic E-state index is 13.0. The molecule has 0 spiro atoms. The summed E-state index contributed by atoms with van der Waals surface area (Å²) in [5.41, 5.74) is 3.26. The quantitative estimate of drug-likeness (QED) is 0.243. The number of thiazole rings is 1. The van der Waals surface area contributed by atoms with E-state index in [9.17, 15) is 13.2 Å². The number of hydrogen-bond acceptors (Lipinski definition) is 7. The number of thiophene rings is 1. The van der Waals surface area contributed by atoms with Crippen LogP contribution in [0.5, 0.6) is 0 Å². The van der Waals surface area contributed by atoms with Crippen LogP contribution in [0.4, 0.5) is 5.00 Å². The van der Waals surface area contributed by atoms with Crippen molar-refractivity contribution in [3.8, 4) is 10.6 Å². The second-order valence-corrected chi connectivity index (χ2v) is 13.8. The minimum atomic E-state index is -3.48. The van der Waals surface area contributed by atoms with Gasteiger partial charge in [-0.05, 0) is 67.8 Å². The molecule has 0 saturated heterocycles. The number of rotatable bonds is 9. The Morgan fingerprint density at radius 3 is 2.68 bits per heavy atom. The number of aromatic nitrogens is 1. The number of sulfone groups is 1. The number of carbonyl (C=O) groups excluding carboxylic acids is 1. The molecule has 6 nitrogen and oxygen atoms in total. The average Bonchev–Trinajstić information content (AvgIpc) is 3.44. The summed E-state index contributed by atoms with van der Waals surface area (Å²) in [4.78, 5) is 21.8. The van der Waals surface area contributed by atoms with Gasteiger partial charge < -0.3 is 5.32 Å². The highest BCUT2D eigenvalue weighted by Gasteiger charge is 2.27. The molecule has 0 bridgehead atoms. The van der Waals surface area contributed by atoms with E-state index in [4.69, 9.17) is 16.6 Å². The highest BCUT2D eigenvalue weighted by Crippen LogP contribution is 2.45. The van der Waals surface area contributed by atoms with Crippen molar-refractivity contribution in [1.82, 2.24) is 9.88 Å². The molecule has 0 saturated carbocycles. The highest BCUT2D eigenvalue weighted by atomic mass is 35.5. The number of benzene rings is 2. The van der Waals surface area contributed by atoms with E-state index in [1.807, 2.05) is 18.2 Å². The van der Waals surface area contributed by atoms with E-state index in [1.165, 1.54) is 22.6 Å². The van der Waals surface area contributed by atoms with E-state index in [2.05, 4.69) is 23.2 Å². The molecule has 194 valence electrons. The summed E-state index contributed by atoms with van der Waals surface area (Å²) in [7, 11) is -3.48. The predicted octanol–water partition coefficient (Wildman–Crippen LogP) is 6.64. The molecular formula is C27H28ClN3O3S3. The standard InChI is InChI=1S/C27H28ClN3O3S3/c1-2-14-31-15-13-20-23(17-31)36-27(25(20)26-29-21-6-3-4-7-22(21)35-26)30-24(32)8-5-16-37(33,34)19-11-9-18(28)10-12-19/h3-4,6-7,9-12H,2,5,8,13-17H2,1H3,(H,30,32). The molecule has 2 aromatic heterocycles. The van der Waals surface area contributed by atoms with Crippen LogP contribution in [0.15, 0.2) is 53.4 Å². The summed E-state index contributed by atoms with van der Waals surface area (Å²) < 4.78 is 26.4. The van der Waals surface area contributed by atoms with Crippen molar-refractivity contribution in [3.05, 3.63) is 64.0 Å². The van der Waals surface area contributed by atoms with Gasteiger partial charge in [0.25, 0.3) is 0 Å². The maximum atomic E-state index is 13.0. The lowest BCUT2D eigenvalue weighted by molar-refractivity contribution is -0.116. The highest BCUT2D eigenvalue weighted by molar-refractivity contribution is 7.91. The van der Waals surface area contributed by atoms with Crippen molar-refractivity contribution in [2.75, 3.05) is 24.2 Å². The summed E-state index contributed by atoms with van der Waals surface area (Å²) in [6, 6.07) is 14.2. The summed E-state index contributed by atoms with van der Waals surface area (Å²) >= 11 is 9.14. The topological polar surface area (TPSA) is 79.4 Å². The first-order chi connectivity index (χ1) is 17.8. The van der Waals surface area contributed by atoms with Gasteiger partial charge in [-0.1, -0.05) is 30.7 Å². The number of hydrogen-bond donors (Lipinski definition) is 1. The first kappa shape index (κ1) is 26.3. The van der Waals surface area contributed by atoms with Crippen LogP contribution in [-0.4, -0.2) is 43.1 Å². The number of fused-ring (bicyclic) bond motifs is 2. The molecule has 37 heavy (non-hydrogen) atoms. The van der Waals surface area contributed by atoms with Crippen molar-refractivity contribution in [2.45, 2.75) is 44.0 Å². The summed E-state index contributed by atoms with van der Waals surface area (Å²) in [5.74, 6) is -0.280. The molecule has 5 rings (SSSR count). The Labute approximate surface area is 230 Å². The maximum Gasteiger partial charge on any atom is 0.225 e. The van der Waals surface area contributed by atoms with Gasteiger partial charge in [-0.3, -0.25) is 9.69 Å². The number of carbonyl (C=O) groups is 1. The molecule has 0 fully saturated rings. The van der Waals surface area contributed by atoms with E-state index in [0.717, 1.165) is 58.3 Å². The lowest BCUT2D eigenvalue weighted by atomic mass is 10.0. The zero-order chi connectivity index (χ0) is 26.0. The number of nitrogens with zero attached hydrogens (tertiary/aromatic N) is 2. The zero-order valence-corrected chi connectivity index (χ0v) is 23.7. The number of para-hydroxylation sites is 1. The fourth-order valence-electron chi connectivity index (χ4n) is 4.63. The summed E-state index contributed by atoms with van der Waals surface area (Å²) in [6.07, 6.45) is 2.39. The molecule has 0 aliphatic carbocycles. The molecule has 4 aromatic rings. The van der Waals surface area contributed by atoms with Gasteiger partial charge in [0, 0.05) is 35.0 Å². The molecule has 0 unspecified atom stereocenters. The number of anilines is 1. The first-order valence-electron chi connectivity index (χ1n) is 12.3. The fraction of sp³-hybridized carbons (Fsp3) is 0.333. The van der Waals surface area contributed by atoms with E-state index >= 15 is 0 Å². The van der Waals surface area contributed by atoms with Crippen LogP contribution in [0.3, 0.4) is 0 Å². The van der Waals surface area contributed by atoms with Crippen molar-refractivity contribution in [3.63, 3.8) is 0 Å². The SMILES string of the molecule is CCCN1CCc2c(sc(NC(=O)CCCS(=O)(=O)c3ccc(Cl)cc3)c2-c2nc3ccccc3s2)C1. The second-order valence-electron chi connectivity index (χ2n) is 9.15. The average molecular weight is 574 g/mol. The van der Waals surface area contributed by atoms with Crippen molar-refractivity contribution in [1.29, 1.82) is 0 Å². The Morgan fingerprint density at radius 2 is 1.92 bits per heavy atom. The van der Waals surface area contributed by atoms with Gasteiger partial charge in [-0.2, -0.15) is 0 Å². The van der Waals surface area contributed by atoms with Gasteiger partial charge in [0.1, 0.15) is 10.0 Å². The Morgan fingerprint density at radius 1 is 1.14 bits per heavy atom. The van der Waals surface area contributed by atoms with Gasteiger partial charge in [0.05, 0.1) is 20.9 Å². The molecule has 0 atom stereocenters. The van der Waals surface area contributed by atoms with Crippen LogP contribution in [0, 0.1) is 0 Å². The lowest BCUT2D eigenvalue weighted by Gasteiger charge is -2.26. The monoisotopic (exact) mass is 573 g/mol. The van der Waals surface area contributed by atoms with Crippen LogP contribution in [0.1, 0.15) is 36.6 Å². The van der Waals surface area contributed by atoms with Crippen molar-refractivity contribution < 1.29 is 13.2 Å². The molecule has 1 aliphatic rings. The molecule has 3 heterocycles. The minimum absolute atomic E-state index is 0.0975. The minimum Gasteiger partial charge on any atom is -0.317 e. The summed E-state index contributed by atoms with van der Waals surface area (Å²) in [5, 5.41) is 5.32. The van der Waals surface area contributed by atoms with E-state index in [1.54, 1.807) is 34.8 Å². The number of nitrogens with one attached hydrogen (secondary N) is 1. The van der Waals surface area contributed by atoms with Gasteiger partial charge in [-0.25, -0.2) is 13.4 Å². The van der Waals surface area contributed by atoms with E-state index < -0.39 is 9.84 Å². The number of halogens is 1. The van der Waals surface area contributed by atoms with Crippen molar-refractivity contribution >= 4 is 65.2 Å². The van der Waals surface area contributed by atoms with Crippen LogP contribution >= 0.6 is 34.3 Å². The van der Waals surface area contributed by atoms with Gasteiger partial charge >= 0.3 is 0 Å². The van der Waals surface area contributed by atoms with Crippen LogP contribution < -0.4 is 5.32 Å². The van der Waals surface area contributed by atoms with E-state index in [0.29, 0.717) is 5.02 Å². The smallest absolute Gasteiger partial charge is 0.225 e. The van der Waals surface area contributed by atoms with Crippen LogP contribution in [0.25, 0.3) is 20.8 Å². The molecule has 2 aromatic carbocycles. The third-order valence-electron chi connectivity index (χ3n) is 6.43. The molecule has 10 heteroatoms. The Balaban J connectivity index is 1.34. The Kier molecular flexibility index (Phi) is 7.97. The fourth-order valence-corrected chi connectivity index (χ4v) is 8.48. The molecule has 1 N–H and O–H groups in total. The van der Waals surface area contributed by atoms with Gasteiger partial charge in [0.2, 0.25) is 5.91 Å². The van der Waals surface area contributed by atoms with Gasteiger partial charge in [0.15, 0.2) is 9.84 Å². The van der Waals surface area contributed by atoms with Crippen molar-refractivity contribution in [2.24, 2.45) is 0 Å². The largest absolute Gasteiger partial charge is 0.317 e. The Hall–Kier alpha value is -2.30. The molecule has 1 aliphatic heterocycles. The first-order valence-corrected chi connectivity index (χ1v) is 16.0.